The van der Waals surface area contributed by atoms with Crippen LogP contribution in [-0.2, 0) is 0 Å². The Hall–Kier alpha value is -2.13. The number of hydrogen-bond acceptors (Lipinski definition) is 0. The number of benzene rings is 3. The van der Waals surface area contributed by atoms with E-state index in [1.54, 1.807) is 12.1 Å². The van der Waals surface area contributed by atoms with Gasteiger partial charge in [0.25, 0.3) is 0 Å². The molecule has 0 aliphatic heterocycles. The standard InChI is InChI=1S/C18H13BClF2/c20-18-12-10-17(11-13-18)19(21,22)16-8-6-15(7-9-16)14-4-2-1-3-5-14/h1-13H/q-1. The van der Waals surface area contributed by atoms with Crippen molar-refractivity contribution >= 4 is 29.2 Å². The third-order valence-electron chi connectivity index (χ3n) is 3.73. The molecular weight excluding hydrogens is 300 g/mol. The molecule has 3 rings (SSSR count). The van der Waals surface area contributed by atoms with E-state index in [1.807, 2.05) is 30.3 Å². The fraction of sp³-hybridized carbons (Fsp3) is 0. The molecule has 0 aromatic heterocycles. The molecule has 22 heavy (non-hydrogen) atoms. The predicted octanol–water partition coefficient (Wildman–Crippen LogP) is 4.50. The van der Waals surface area contributed by atoms with Crippen LogP contribution in [0.4, 0.5) is 8.63 Å². The summed E-state index contributed by atoms with van der Waals surface area (Å²) in [6.45, 7) is -3.77. The maximum Gasteiger partial charge on any atom is 0.361 e. The van der Waals surface area contributed by atoms with Gasteiger partial charge in [0.1, 0.15) is 0 Å². The number of rotatable bonds is 3. The highest BCUT2D eigenvalue weighted by Crippen LogP contribution is 2.19. The van der Waals surface area contributed by atoms with Crippen LogP contribution in [0.5, 0.6) is 0 Å². The van der Waals surface area contributed by atoms with Crippen LogP contribution >= 0.6 is 11.6 Å². The average molecular weight is 314 g/mol. The molecule has 0 bridgehead atoms. The molecule has 0 fully saturated rings. The van der Waals surface area contributed by atoms with Gasteiger partial charge in [0, 0.05) is 5.02 Å². The number of hydrogen-bond donors (Lipinski definition) is 0. The van der Waals surface area contributed by atoms with Crippen molar-refractivity contribution in [3.05, 3.63) is 83.9 Å². The van der Waals surface area contributed by atoms with Crippen molar-refractivity contribution in [2.24, 2.45) is 0 Å². The Morgan fingerprint density at radius 1 is 0.591 bits per heavy atom. The van der Waals surface area contributed by atoms with E-state index in [4.69, 9.17) is 11.6 Å². The summed E-state index contributed by atoms with van der Waals surface area (Å²) in [5.41, 5.74) is 1.96. The van der Waals surface area contributed by atoms with Crippen LogP contribution in [0.3, 0.4) is 0 Å². The zero-order chi connectivity index (χ0) is 15.6. The summed E-state index contributed by atoms with van der Waals surface area (Å²) in [6.07, 6.45) is 0. The second-order valence-corrected chi connectivity index (χ2v) is 5.64. The molecule has 0 N–H and O–H groups in total. The first-order valence-electron chi connectivity index (χ1n) is 7.01. The molecule has 0 unspecified atom stereocenters. The lowest BCUT2D eigenvalue weighted by Crippen LogP contribution is -2.50. The van der Waals surface area contributed by atoms with E-state index >= 15 is 0 Å². The molecule has 0 radical (unpaired) electrons. The molecule has 110 valence electrons. The lowest BCUT2D eigenvalue weighted by atomic mass is 9.53. The molecule has 3 aromatic rings. The van der Waals surface area contributed by atoms with E-state index in [2.05, 4.69) is 0 Å². The summed E-state index contributed by atoms with van der Waals surface area (Å²) >= 11 is 5.76. The molecule has 0 aliphatic rings. The molecule has 0 atom stereocenters. The summed E-state index contributed by atoms with van der Waals surface area (Å²) < 4.78 is 29.1. The Kier molecular flexibility index (Phi) is 3.99. The molecule has 0 heterocycles. The van der Waals surface area contributed by atoms with Crippen molar-refractivity contribution < 1.29 is 8.63 Å². The Bertz CT molecular complexity index is 753. The van der Waals surface area contributed by atoms with Crippen LogP contribution in [0.2, 0.25) is 5.02 Å². The van der Waals surface area contributed by atoms with Crippen LogP contribution in [0.1, 0.15) is 0 Å². The van der Waals surface area contributed by atoms with Gasteiger partial charge in [-0.3, -0.25) is 0 Å². The lowest BCUT2D eigenvalue weighted by molar-refractivity contribution is 0.654. The molecule has 4 heteroatoms. The quantitative estimate of drug-likeness (QED) is 0.624. The molecule has 0 aliphatic carbocycles. The zero-order valence-electron chi connectivity index (χ0n) is 11.7. The van der Waals surface area contributed by atoms with Crippen LogP contribution in [0, 0.1) is 0 Å². The number of halogens is 3. The van der Waals surface area contributed by atoms with Crippen LogP contribution < -0.4 is 10.9 Å². The van der Waals surface area contributed by atoms with E-state index in [-0.39, 0.29) is 10.9 Å². The van der Waals surface area contributed by atoms with Crippen molar-refractivity contribution in [2.45, 2.75) is 0 Å². The van der Waals surface area contributed by atoms with E-state index in [0.717, 1.165) is 11.1 Å². The summed E-state index contributed by atoms with van der Waals surface area (Å²) in [7, 11) is 0. The molecule has 3 aromatic carbocycles. The van der Waals surface area contributed by atoms with Crippen molar-refractivity contribution in [1.29, 1.82) is 0 Å². The molecule has 0 saturated heterocycles. The van der Waals surface area contributed by atoms with Crippen molar-refractivity contribution in [2.75, 3.05) is 0 Å². The fourth-order valence-corrected chi connectivity index (χ4v) is 2.57. The van der Waals surface area contributed by atoms with Gasteiger partial charge in [0.05, 0.1) is 0 Å². The minimum Gasteiger partial charge on any atom is -0.469 e. The van der Waals surface area contributed by atoms with Gasteiger partial charge in [0.15, 0.2) is 0 Å². The molecule has 0 nitrogen and oxygen atoms in total. The molecule has 0 spiro atoms. The fourth-order valence-electron chi connectivity index (χ4n) is 2.44. The van der Waals surface area contributed by atoms with Gasteiger partial charge in [-0.15, -0.1) is 10.9 Å². The van der Waals surface area contributed by atoms with E-state index < -0.39 is 6.70 Å². The van der Waals surface area contributed by atoms with Gasteiger partial charge in [-0.2, -0.15) is 0 Å². The first kappa shape index (κ1) is 14.8. The lowest BCUT2D eigenvalue weighted by Gasteiger charge is -2.26. The van der Waals surface area contributed by atoms with Crippen LogP contribution in [-0.4, -0.2) is 6.70 Å². The first-order valence-corrected chi connectivity index (χ1v) is 7.38. The average Bonchev–Trinajstić information content (AvgIpc) is 2.56. The van der Waals surface area contributed by atoms with Gasteiger partial charge in [-0.05, 0) is 23.3 Å². The minimum atomic E-state index is -3.77. The molecule has 0 saturated carbocycles. The smallest absolute Gasteiger partial charge is 0.361 e. The normalized spacial score (nSPS) is 11.4. The highest BCUT2D eigenvalue weighted by molar-refractivity contribution is 6.91. The van der Waals surface area contributed by atoms with Gasteiger partial charge in [-0.25, -0.2) is 0 Å². The van der Waals surface area contributed by atoms with Crippen LogP contribution in [0.15, 0.2) is 78.9 Å². The third-order valence-corrected chi connectivity index (χ3v) is 3.98. The van der Waals surface area contributed by atoms with Crippen molar-refractivity contribution in [3.63, 3.8) is 0 Å². The second-order valence-electron chi connectivity index (χ2n) is 5.20. The van der Waals surface area contributed by atoms with Gasteiger partial charge < -0.3 is 8.63 Å². The minimum absolute atomic E-state index is 0.00291. The highest BCUT2D eigenvalue weighted by atomic mass is 35.5. The van der Waals surface area contributed by atoms with E-state index in [0.29, 0.717) is 5.02 Å². The van der Waals surface area contributed by atoms with Gasteiger partial charge in [0.2, 0.25) is 0 Å². The highest BCUT2D eigenvalue weighted by Gasteiger charge is 2.27. The maximum atomic E-state index is 14.6. The van der Waals surface area contributed by atoms with E-state index in [9.17, 15) is 8.63 Å². The summed E-state index contributed by atoms with van der Waals surface area (Å²) in [5.74, 6) is 0. The first-order chi connectivity index (χ1) is 10.6. The Balaban J connectivity index is 1.93. The Morgan fingerprint density at radius 3 is 1.59 bits per heavy atom. The van der Waals surface area contributed by atoms with Gasteiger partial charge in [-0.1, -0.05) is 78.3 Å². The SMILES string of the molecule is F[B-](F)(c1ccc(Cl)cc1)c1ccc(-c2ccccc2)cc1. The third kappa shape index (κ3) is 2.90. The maximum absolute atomic E-state index is 14.6. The van der Waals surface area contributed by atoms with Crippen molar-refractivity contribution in [1.82, 2.24) is 0 Å². The summed E-state index contributed by atoms with van der Waals surface area (Å²) in [6, 6.07) is 21.9. The molecule has 0 amide bonds. The predicted molar refractivity (Wildman–Crippen MR) is 90.6 cm³/mol. The zero-order valence-corrected chi connectivity index (χ0v) is 12.5. The largest absolute Gasteiger partial charge is 0.469 e. The Labute approximate surface area is 133 Å². The van der Waals surface area contributed by atoms with Crippen molar-refractivity contribution in [3.8, 4) is 11.1 Å². The molecular formula is C18H13BClF2-. The van der Waals surface area contributed by atoms with Crippen LogP contribution in [0.25, 0.3) is 11.1 Å². The topological polar surface area (TPSA) is 0 Å². The van der Waals surface area contributed by atoms with E-state index in [1.165, 1.54) is 36.4 Å². The Morgan fingerprint density at radius 2 is 1.05 bits per heavy atom. The second kappa shape index (κ2) is 5.94. The summed E-state index contributed by atoms with van der Waals surface area (Å²) in [5, 5.41) is 0.453. The monoisotopic (exact) mass is 313 g/mol. The summed E-state index contributed by atoms with van der Waals surface area (Å²) in [4.78, 5) is 0. The van der Waals surface area contributed by atoms with Gasteiger partial charge >= 0.3 is 6.70 Å².